The van der Waals surface area contributed by atoms with Gasteiger partial charge in [0.1, 0.15) is 12.7 Å². The minimum atomic E-state index is -0.0383. The second kappa shape index (κ2) is 7.30. The lowest BCUT2D eigenvalue weighted by molar-refractivity contribution is -0.117. The Morgan fingerprint density at radius 3 is 2.89 bits per heavy atom. The minimum absolute atomic E-state index is 0.0383. The molecule has 8 heteroatoms. The van der Waals surface area contributed by atoms with Gasteiger partial charge in [-0.2, -0.15) is 0 Å². The van der Waals surface area contributed by atoms with Gasteiger partial charge < -0.3 is 24.0 Å². The average molecular weight is 370 g/mol. The van der Waals surface area contributed by atoms with Crippen LogP contribution in [0.1, 0.15) is 12.0 Å². The van der Waals surface area contributed by atoms with Crippen LogP contribution in [-0.2, 0) is 4.79 Å². The number of carbonyl (C=O) groups excluding carboxylic acids is 1. The normalized spacial score (nSPS) is 18.7. The second-order valence-electron chi connectivity index (χ2n) is 6.64. The van der Waals surface area contributed by atoms with Gasteiger partial charge in [0.25, 0.3) is 0 Å². The fourth-order valence-electron chi connectivity index (χ4n) is 3.46. The third-order valence-corrected chi connectivity index (χ3v) is 4.82. The first-order valence-electron chi connectivity index (χ1n) is 8.95. The number of anilines is 2. The van der Waals surface area contributed by atoms with E-state index in [1.165, 1.54) is 0 Å². The number of carbonyl (C=O) groups is 1. The monoisotopic (exact) mass is 370 g/mol. The Hall–Kier alpha value is -3.03. The predicted octanol–water partition coefficient (Wildman–Crippen LogP) is 1.93. The largest absolute Gasteiger partial charge is 0.488 e. The van der Waals surface area contributed by atoms with E-state index in [1.807, 2.05) is 19.1 Å². The van der Waals surface area contributed by atoms with Gasteiger partial charge in [-0.25, -0.2) is 9.97 Å². The van der Waals surface area contributed by atoms with Crippen LogP contribution in [-0.4, -0.2) is 60.7 Å². The van der Waals surface area contributed by atoms with Crippen LogP contribution < -0.4 is 19.1 Å². The summed E-state index contributed by atoms with van der Waals surface area (Å²) in [5, 5.41) is 0. The highest BCUT2D eigenvalue weighted by molar-refractivity contribution is 5.71. The number of ether oxygens (including phenoxy) is 3. The lowest BCUT2D eigenvalue weighted by atomic mass is 10.2. The number of pyridine rings is 2. The number of hydrogen-bond donors (Lipinski definition) is 0. The van der Waals surface area contributed by atoms with Crippen molar-refractivity contribution in [2.45, 2.75) is 19.4 Å². The highest BCUT2D eigenvalue weighted by Gasteiger charge is 2.26. The Bertz CT molecular complexity index is 844. The van der Waals surface area contributed by atoms with E-state index in [9.17, 15) is 4.79 Å². The van der Waals surface area contributed by atoms with Crippen molar-refractivity contribution in [3.8, 4) is 17.5 Å². The molecule has 0 radical (unpaired) electrons. The quantitative estimate of drug-likeness (QED) is 0.744. The third-order valence-electron chi connectivity index (χ3n) is 4.82. The van der Waals surface area contributed by atoms with Gasteiger partial charge in [0.2, 0.25) is 18.2 Å². The molecule has 2 aliphatic heterocycles. The molecule has 0 bridgehead atoms. The molecular formula is C19H22N4O4. The first-order chi connectivity index (χ1) is 13.2. The van der Waals surface area contributed by atoms with Crippen LogP contribution in [0.3, 0.4) is 0 Å². The van der Waals surface area contributed by atoms with Crippen LogP contribution in [0, 0.1) is 6.92 Å². The van der Waals surface area contributed by atoms with Crippen molar-refractivity contribution in [2.75, 3.05) is 38.3 Å². The van der Waals surface area contributed by atoms with E-state index >= 15 is 0 Å². The van der Waals surface area contributed by atoms with Crippen molar-refractivity contribution < 1.29 is 19.0 Å². The molecule has 2 aliphatic rings. The maximum Gasteiger partial charge on any atom is 0.216 e. The molecule has 1 unspecified atom stereocenters. The highest BCUT2D eigenvalue weighted by atomic mass is 16.5. The minimum Gasteiger partial charge on any atom is -0.488 e. The molecule has 2 aromatic rings. The number of fused-ring (bicyclic) bond motifs is 1. The zero-order chi connectivity index (χ0) is 18.8. The molecule has 0 N–H and O–H groups in total. The fourth-order valence-corrected chi connectivity index (χ4v) is 3.46. The maximum atomic E-state index is 10.9. The summed E-state index contributed by atoms with van der Waals surface area (Å²) in [5.41, 5.74) is 2.82. The van der Waals surface area contributed by atoms with Gasteiger partial charge in [0.05, 0.1) is 44.0 Å². The zero-order valence-electron chi connectivity index (χ0n) is 15.4. The van der Waals surface area contributed by atoms with E-state index in [2.05, 4.69) is 14.9 Å². The van der Waals surface area contributed by atoms with Crippen molar-refractivity contribution in [1.82, 2.24) is 14.9 Å². The SMILES string of the molecule is COc1ncc(N2CCOc3cnc(OC4CCN(C=O)C4)cc32)cc1C. The van der Waals surface area contributed by atoms with E-state index < -0.39 is 0 Å². The van der Waals surface area contributed by atoms with Crippen LogP contribution in [0.25, 0.3) is 0 Å². The summed E-state index contributed by atoms with van der Waals surface area (Å²) < 4.78 is 17.0. The van der Waals surface area contributed by atoms with Gasteiger partial charge >= 0.3 is 0 Å². The molecule has 1 saturated heterocycles. The number of hydrogen-bond acceptors (Lipinski definition) is 7. The number of methoxy groups -OCH3 is 1. The summed E-state index contributed by atoms with van der Waals surface area (Å²) in [5.74, 6) is 1.86. The second-order valence-corrected chi connectivity index (χ2v) is 6.64. The van der Waals surface area contributed by atoms with Gasteiger partial charge in [-0.15, -0.1) is 0 Å². The van der Waals surface area contributed by atoms with Gasteiger partial charge in [-0.05, 0) is 13.0 Å². The van der Waals surface area contributed by atoms with E-state index in [0.717, 1.165) is 29.8 Å². The van der Waals surface area contributed by atoms with Crippen LogP contribution in [0.15, 0.2) is 24.5 Å². The maximum absolute atomic E-state index is 10.9. The number of aromatic nitrogens is 2. The Morgan fingerprint density at radius 1 is 1.26 bits per heavy atom. The summed E-state index contributed by atoms with van der Waals surface area (Å²) in [6.07, 6.45) is 5.11. The molecule has 4 heterocycles. The smallest absolute Gasteiger partial charge is 0.216 e. The summed E-state index contributed by atoms with van der Waals surface area (Å²) in [4.78, 5) is 23.5. The number of aryl methyl sites for hydroxylation is 1. The Labute approximate surface area is 157 Å². The molecule has 1 amide bonds. The highest BCUT2D eigenvalue weighted by Crippen LogP contribution is 2.38. The molecule has 142 valence electrons. The number of amides is 1. The van der Waals surface area contributed by atoms with Crippen LogP contribution in [0.5, 0.6) is 17.5 Å². The summed E-state index contributed by atoms with van der Waals surface area (Å²) in [7, 11) is 1.61. The number of likely N-dealkylation sites (tertiary alicyclic amines) is 1. The first-order valence-corrected chi connectivity index (χ1v) is 8.95. The molecule has 1 fully saturated rings. The van der Waals surface area contributed by atoms with Crippen LogP contribution >= 0.6 is 0 Å². The fraction of sp³-hybridized carbons (Fsp3) is 0.421. The Morgan fingerprint density at radius 2 is 2.15 bits per heavy atom. The van der Waals surface area contributed by atoms with E-state index in [0.29, 0.717) is 43.8 Å². The lowest BCUT2D eigenvalue weighted by Gasteiger charge is -2.31. The third kappa shape index (κ3) is 3.47. The predicted molar refractivity (Wildman–Crippen MR) is 98.9 cm³/mol. The van der Waals surface area contributed by atoms with Gasteiger partial charge in [0.15, 0.2) is 5.75 Å². The van der Waals surface area contributed by atoms with Crippen LogP contribution in [0.4, 0.5) is 11.4 Å². The molecule has 0 saturated carbocycles. The molecule has 0 aromatic carbocycles. The van der Waals surface area contributed by atoms with Crippen molar-refractivity contribution in [3.63, 3.8) is 0 Å². The first kappa shape index (κ1) is 17.4. The average Bonchev–Trinajstić information content (AvgIpc) is 3.15. The number of rotatable bonds is 5. The van der Waals surface area contributed by atoms with Crippen molar-refractivity contribution in [1.29, 1.82) is 0 Å². The van der Waals surface area contributed by atoms with E-state index in [1.54, 1.807) is 24.4 Å². The van der Waals surface area contributed by atoms with Crippen molar-refractivity contribution in [3.05, 3.63) is 30.1 Å². The molecule has 8 nitrogen and oxygen atoms in total. The molecule has 27 heavy (non-hydrogen) atoms. The standard InChI is InChI=1S/C19H22N4O4/c1-13-7-14(9-21-19(13)25-2)23-5-6-26-17-10-20-18(8-16(17)23)27-15-3-4-22(11-15)12-24/h7-10,12,15H,3-6,11H2,1-2H3. The lowest BCUT2D eigenvalue weighted by Crippen LogP contribution is -2.29. The number of nitrogens with zero attached hydrogens (tertiary/aromatic N) is 4. The van der Waals surface area contributed by atoms with E-state index in [-0.39, 0.29) is 6.10 Å². The topological polar surface area (TPSA) is 77.0 Å². The summed E-state index contributed by atoms with van der Waals surface area (Å²) in [6, 6.07) is 3.93. The molecular weight excluding hydrogens is 348 g/mol. The Kier molecular flexibility index (Phi) is 4.70. The molecule has 0 spiro atoms. The van der Waals surface area contributed by atoms with E-state index in [4.69, 9.17) is 14.2 Å². The summed E-state index contributed by atoms with van der Waals surface area (Å²) in [6.45, 7) is 4.54. The summed E-state index contributed by atoms with van der Waals surface area (Å²) >= 11 is 0. The van der Waals surface area contributed by atoms with Crippen LogP contribution in [0.2, 0.25) is 0 Å². The van der Waals surface area contributed by atoms with Gasteiger partial charge in [-0.3, -0.25) is 4.79 Å². The van der Waals surface area contributed by atoms with Gasteiger partial charge in [0, 0.05) is 24.6 Å². The molecule has 0 aliphatic carbocycles. The Balaban J connectivity index is 1.59. The molecule has 4 rings (SSSR count). The molecule has 1 atom stereocenters. The molecule has 2 aromatic heterocycles. The van der Waals surface area contributed by atoms with Crippen molar-refractivity contribution >= 4 is 17.8 Å². The zero-order valence-corrected chi connectivity index (χ0v) is 15.4. The van der Waals surface area contributed by atoms with Crippen molar-refractivity contribution in [2.24, 2.45) is 0 Å². The van der Waals surface area contributed by atoms with Gasteiger partial charge in [-0.1, -0.05) is 0 Å².